The Kier molecular flexibility index (Phi) is 7.17. The molecule has 0 saturated heterocycles. The van der Waals surface area contributed by atoms with Crippen molar-refractivity contribution in [1.29, 1.82) is 0 Å². The minimum atomic E-state index is -0.437. The molecule has 1 saturated carbocycles. The van der Waals surface area contributed by atoms with E-state index in [-0.39, 0.29) is 17.1 Å². The van der Waals surface area contributed by atoms with E-state index in [2.05, 4.69) is 0 Å². The van der Waals surface area contributed by atoms with Crippen LogP contribution in [-0.2, 0) is 17.1 Å². The fraction of sp³-hybridized carbons (Fsp3) is 1.00. The van der Waals surface area contributed by atoms with Crippen LogP contribution in [0.2, 0.25) is 0 Å². The predicted molar refractivity (Wildman–Crippen MR) is 57.8 cm³/mol. The van der Waals surface area contributed by atoms with E-state index < -0.39 is 32.3 Å². The van der Waals surface area contributed by atoms with Gasteiger partial charge in [-0.1, -0.05) is 0 Å². The molecule has 0 nitrogen and oxygen atoms in total. The molecule has 0 heterocycles. The maximum absolute atomic E-state index is 5.88. The predicted octanol–water partition coefficient (Wildman–Crippen LogP) is 3.64. The average Bonchev–Trinajstić information content (AvgIpc) is 2.08. The van der Waals surface area contributed by atoms with Crippen molar-refractivity contribution < 1.29 is 17.1 Å². The van der Waals surface area contributed by atoms with Gasteiger partial charge in [-0.25, -0.2) is 0 Å². The van der Waals surface area contributed by atoms with Crippen molar-refractivity contribution in [2.45, 2.75) is 32.3 Å². The van der Waals surface area contributed by atoms with Crippen LogP contribution in [-0.4, -0.2) is 32.3 Å². The molecule has 1 rings (SSSR count). The Hall–Kier alpha value is 2.26. The van der Waals surface area contributed by atoms with Crippen molar-refractivity contribution in [3.05, 3.63) is 0 Å². The molecule has 0 N–H and O–H groups in total. The monoisotopic (exact) mass is 344 g/mol. The molecule has 0 radical (unpaired) electrons. The summed E-state index contributed by atoms with van der Waals surface area (Å²) in [6.07, 6.45) is 0. The standard InChI is InChI=1S/C6H6Cl6.Fe/c7-1-2(8)4(10)6(12)5(11)3(1)9;/h1-6H;/t1-,2-,3-,4+,5+,6+;. The van der Waals surface area contributed by atoms with E-state index in [1.165, 1.54) is 0 Å². The molecule has 0 bridgehead atoms. The van der Waals surface area contributed by atoms with Crippen molar-refractivity contribution in [2.24, 2.45) is 0 Å². The van der Waals surface area contributed by atoms with Gasteiger partial charge in [-0.3, -0.25) is 0 Å². The van der Waals surface area contributed by atoms with E-state index in [1.54, 1.807) is 0 Å². The van der Waals surface area contributed by atoms with Gasteiger partial charge in [-0.2, -0.15) is 0 Å². The first kappa shape index (κ1) is 15.3. The van der Waals surface area contributed by atoms with E-state index in [4.69, 9.17) is 69.6 Å². The van der Waals surface area contributed by atoms with Crippen molar-refractivity contribution in [2.75, 3.05) is 0 Å². The van der Waals surface area contributed by atoms with Crippen LogP contribution in [0.3, 0.4) is 0 Å². The molecule has 1 fully saturated rings. The third-order valence-corrected chi connectivity index (χ3v) is 5.86. The van der Waals surface area contributed by atoms with E-state index in [0.717, 1.165) is 0 Å². The molecule has 13 heavy (non-hydrogen) atoms. The van der Waals surface area contributed by atoms with Crippen LogP contribution >= 0.6 is 69.6 Å². The number of hydrogen-bond acceptors (Lipinski definition) is 0. The van der Waals surface area contributed by atoms with Crippen LogP contribution in [0.4, 0.5) is 0 Å². The Morgan fingerprint density at radius 3 is 0.538 bits per heavy atom. The van der Waals surface area contributed by atoms with Gasteiger partial charge in [0, 0.05) is 17.1 Å². The van der Waals surface area contributed by atoms with E-state index in [1.807, 2.05) is 0 Å². The summed E-state index contributed by atoms with van der Waals surface area (Å²) >= 11 is 35.3. The second kappa shape index (κ2) is 6.11. The normalized spacial score (nSPS) is 51.2. The van der Waals surface area contributed by atoms with Crippen LogP contribution in [0.15, 0.2) is 0 Å². The van der Waals surface area contributed by atoms with Crippen molar-refractivity contribution in [3.63, 3.8) is 0 Å². The molecule has 0 spiro atoms. The first-order chi connectivity index (χ1) is 5.46. The molecule has 0 unspecified atom stereocenters. The molecule has 0 aliphatic heterocycles. The molecule has 0 aromatic carbocycles. The third kappa shape index (κ3) is 3.11. The quantitative estimate of drug-likeness (QED) is 0.464. The minimum Gasteiger partial charge on any atom is -0.120 e. The van der Waals surface area contributed by atoms with Gasteiger partial charge in [0.1, 0.15) is 0 Å². The molecule has 0 aromatic rings. The Balaban J connectivity index is 0.00000144. The second-order valence-corrected chi connectivity index (χ2v) is 5.69. The number of alkyl halides is 6. The SMILES string of the molecule is Cl[C@H]1[C@H](Cl)[C@@H](Cl)[C@@H](Cl)[C@H](Cl)[C@H]1Cl.[Fe]. The van der Waals surface area contributed by atoms with Gasteiger partial charge in [0.05, 0.1) is 32.3 Å². The van der Waals surface area contributed by atoms with Gasteiger partial charge in [-0.15, -0.1) is 69.6 Å². The minimum absolute atomic E-state index is 0. The van der Waals surface area contributed by atoms with Crippen molar-refractivity contribution in [1.82, 2.24) is 0 Å². The number of rotatable bonds is 0. The molecule has 80 valence electrons. The van der Waals surface area contributed by atoms with Crippen LogP contribution in [0.25, 0.3) is 0 Å². The summed E-state index contributed by atoms with van der Waals surface area (Å²) in [7, 11) is 0. The smallest absolute Gasteiger partial charge is 0.0693 e. The summed E-state index contributed by atoms with van der Waals surface area (Å²) < 4.78 is 0. The zero-order valence-corrected chi connectivity index (χ0v) is 11.7. The van der Waals surface area contributed by atoms with Gasteiger partial charge >= 0.3 is 0 Å². The van der Waals surface area contributed by atoms with Gasteiger partial charge < -0.3 is 0 Å². The summed E-state index contributed by atoms with van der Waals surface area (Å²) in [4.78, 5) is 0. The molecule has 0 atom stereocenters. The molecule has 1 aliphatic rings. The van der Waals surface area contributed by atoms with Gasteiger partial charge in [0.15, 0.2) is 0 Å². The molecule has 7 heteroatoms. The zero-order chi connectivity index (χ0) is 9.46. The Labute approximate surface area is 118 Å². The Bertz CT molecular complexity index is 109. The molecule has 0 amide bonds. The van der Waals surface area contributed by atoms with Crippen molar-refractivity contribution >= 4 is 69.6 Å². The summed E-state index contributed by atoms with van der Waals surface area (Å²) in [6, 6.07) is 0. The van der Waals surface area contributed by atoms with Crippen LogP contribution < -0.4 is 0 Å². The number of hydrogen-bond donors (Lipinski definition) is 0. The first-order valence-electron chi connectivity index (χ1n) is 3.31. The van der Waals surface area contributed by atoms with Crippen LogP contribution in [0.5, 0.6) is 0 Å². The summed E-state index contributed by atoms with van der Waals surface area (Å²) in [6.45, 7) is 0. The summed E-state index contributed by atoms with van der Waals surface area (Å²) in [5, 5.41) is -2.62. The Morgan fingerprint density at radius 1 is 0.385 bits per heavy atom. The molecular weight excluding hydrogens is 341 g/mol. The fourth-order valence-corrected chi connectivity index (χ4v) is 3.38. The fourth-order valence-electron chi connectivity index (χ4n) is 1.05. The maximum Gasteiger partial charge on any atom is 0.0693 e. The third-order valence-electron chi connectivity index (χ3n) is 1.83. The van der Waals surface area contributed by atoms with Gasteiger partial charge in [0.2, 0.25) is 0 Å². The van der Waals surface area contributed by atoms with Crippen LogP contribution in [0, 0.1) is 0 Å². The molecular formula is C6H6Cl6Fe. The van der Waals surface area contributed by atoms with E-state index >= 15 is 0 Å². The van der Waals surface area contributed by atoms with Crippen LogP contribution in [0.1, 0.15) is 0 Å². The average molecular weight is 347 g/mol. The Morgan fingerprint density at radius 2 is 0.462 bits per heavy atom. The summed E-state index contributed by atoms with van der Waals surface area (Å²) in [5.41, 5.74) is 0. The zero-order valence-electron chi connectivity index (χ0n) is 6.09. The van der Waals surface area contributed by atoms with E-state index in [0.29, 0.717) is 0 Å². The largest absolute Gasteiger partial charge is 0.120 e. The first-order valence-corrected chi connectivity index (χ1v) is 5.93. The molecule has 0 aromatic heterocycles. The summed E-state index contributed by atoms with van der Waals surface area (Å²) in [5.74, 6) is 0. The number of halogens is 6. The van der Waals surface area contributed by atoms with Gasteiger partial charge in [0.25, 0.3) is 0 Å². The molecule has 1 aliphatic carbocycles. The topological polar surface area (TPSA) is 0 Å². The van der Waals surface area contributed by atoms with E-state index in [9.17, 15) is 0 Å². The second-order valence-electron chi connectivity index (χ2n) is 2.67. The maximum atomic E-state index is 5.88. The van der Waals surface area contributed by atoms with Crippen molar-refractivity contribution in [3.8, 4) is 0 Å². The van der Waals surface area contributed by atoms with Gasteiger partial charge in [-0.05, 0) is 0 Å².